The molecule has 0 amide bonds. The zero-order chi connectivity index (χ0) is 11.6. The summed E-state index contributed by atoms with van der Waals surface area (Å²) < 4.78 is 5.01. The fraction of sp³-hybridized carbons (Fsp3) is 0.400. The average molecular weight is 250 g/mol. The molecule has 0 aliphatic carbocycles. The van der Waals surface area contributed by atoms with Crippen LogP contribution in [0.25, 0.3) is 0 Å². The van der Waals surface area contributed by atoms with Crippen molar-refractivity contribution in [2.24, 2.45) is 0 Å². The van der Waals surface area contributed by atoms with Gasteiger partial charge in [-0.1, -0.05) is 23.2 Å². The van der Waals surface area contributed by atoms with E-state index in [4.69, 9.17) is 27.9 Å². The summed E-state index contributed by atoms with van der Waals surface area (Å²) in [6.07, 6.45) is -0.777. The van der Waals surface area contributed by atoms with Crippen molar-refractivity contribution in [3.8, 4) is 5.75 Å². The van der Waals surface area contributed by atoms with Crippen LogP contribution >= 0.6 is 23.2 Å². The van der Waals surface area contributed by atoms with Crippen LogP contribution in [0.1, 0.15) is 11.8 Å². The molecule has 15 heavy (non-hydrogen) atoms. The molecule has 0 radical (unpaired) electrons. The summed E-state index contributed by atoms with van der Waals surface area (Å²) in [5.74, 6) is 0.497. The molecule has 0 saturated heterocycles. The summed E-state index contributed by atoms with van der Waals surface area (Å²) in [4.78, 5) is 1.63. The summed E-state index contributed by atoms with van der Waals surface area (Å²) in [6.45, 7) is 0. The van der Waals surface area contributed by atoms with Gasteiger partial charge < -0.3 is 9.84 Å². The molecule has 0 saturated carbocycles. The van der Waals surface area contributed by atoms with Crippen LogP contribution in [0.2, 0.25) is 10.0 Å². The first-order valence-corrected chi connectivity index (χ1v) is 5.11. The van der Waals surface area contributed by atoms with Crippen molar-refractivity contribution in [3.63, 3.8) is 0 Å². The predicted molar refractivity (Wildman–Crippen MR) is 61.7 cm³/mol. The zero-order valence-electron chi connectivity index (χ0n) is 8.79. The molecule has 1 rings (SSSR count). The van der Waals surface area contributed by atoms with Crippen molar-refractivity contribution in [1.29, 1.82) is 0 Å². The number of rotatable bonds is 3. The van der Waals surface area contributed by atoms with Gasteiger partial charge in [-0.05, 0) is 26.2 Å². The topological polar surface area (TPSA) is 32.7 Å². The van der Waals surface area contributed by atoms with Crippen LogP contribution in [0.4, 0.5) is 0 Å². The minimum atomic E-state index is -0.777. The molecule has 5 heteroatoms. The first-order chi connectivity index (χ1) is 6.99. The third-order valence-corrected chi connectivity index (χ3v) is 2.94. The number of aliphatic hydroxyl groups excluding tert-OH is 1. The highest BCUT2D eigenvalue weighted by molar-refractivity contribution is 6.43. The van der Waals surface area contributed by atoms with Gasteiger partial charge in [0.2, 0.25) is 0 Å². The second-order valence-electron chi connectivity index (χ2n) is 3.32. The molecule has 0 aliphatic heterocycles. The van der Waals surface area contributed by atoms with Crippen LogP contribution < -0.4 is 4.74 Å². The summed E-state index contributed by atoms with van der Waals surface area (Å²) >= 11 is 12.0. The van der Waals surface area contributed by atoms with Gasteiger partial charge in [0.25, 0.3) is 0 Å². The maximum Gasteiger partial charge on any atom is 0.139 e. The van der Waals surface area contributed by atoms with E-state index in [2.05, 4.69) is 0 Å². The van der Waals surface area contributed by atoms with E-state index in [0.717, 1.165) is 0 Å². The minimum absolute atomic E-state index is 0.317. The van der Waals surface area contributed by atoms with E-state index in [1.807, 2.05) is 0 Å². The first-order valence-electron chi connectivity index (χ1n) is 4.35. The number of halogens is 2. The minimum Gasteiger partial charge on any atom is -0.495 e. The van der Waals surface area contributed by atoms with E-state index in [9.17, 15) is 5.11 Å². The normalized spacial score (nSPS) is 13.0. The fourth-order valence-electron chi connectivity index (χ4n) is 1.18. The number of ether oxygens (including phenoxy) is 1. The van der Waals surface area contributed by atoms with Crippen molar-refractivity contribution >= 4 is 23.2 Å². The molecule has 0 aliphatic rings. The van der Waals surface area contributed by atoms with E-state index in [1.165, 1.54) is 7.11 Å². The largest absolute Gasteiger partial charge is 0.495 e. The Morgan fingerprint density at radius 1 is 1.27 bits per heavy atom. The number of hydrogen-bond acceptors (Lipinski definition) is 3. The summed E-state index contributed by atoms with van der Waals surface area (Å²) in [7, 11) is 5.01. The second kappa shape index (κ2) is 5.03. The highest BCUT2D eigenvalue weighted by atomic mass is 35.5. The van der Waals surface area contributed by atoms with E-state index in [1.54, 1.807) is 31.1 Å². The average Bonchev–Trinajstić information content (AvgIpc) is 2.21. The number of methoxy groups -OCH3 is 1. The van der Waals surface area contributed by atoms with Crippen LogP contribution in [-0.4, -0.2) is 31.2 Å². The van der Waals surface area contributed by atoms with E-state index >= 15 is 0 Å². The van der Waals surface area contributed by atoms with Crippen molar-refractivity contribution in [2.75, 3.05) is 21.2 Å². The Kier molecular flexibility index (Phi) is 4.22. The van der Waals surface area contributed by atoms with Crippen LogP contribution in [0.15, 0.2) is 12.1 Å². The summed E-state index contributed by atoms with van der Waals surface area (Å²) in [5, 5.41) is 10.4. The van der Waals surface area contributed by atoms with Gasteiger partial charge in [-0.25, -0.2) is 0 Å². The Morgan fingerprint density at radius 2 is 1.87 bits per heavy atom. The molecule has 0 fully saturated rings. The molecular weight excluding hydrogens is 237 g/mol. The van der Waals surface area contributed by atoms with E-state index in [0.29, 0.717) is 21.4 Å². The number of benzene rings is 1. The van der Waals surface area contributed by atoms with Gasteiger partial charge in [-0.2, -0.15) is 0 Å². The smallest absolute Gasteiger partial charge is 0.139 e. The predicted octanol–water partition coefficient (Wildman–Crippen LogP) is 2.55. The summed E-state index contributed by atoms with van der Waals surface area (Å²) in [5.41, 5.74) is 0.562. The molecular formula is C10H13Cl2NO2. The molecule has 1 atom stereocenters. The molecule has 1 aromatic carbocycles. The Labute approximate surface area is 99.2 Å². The van der Waals surface area contributed by atoms with Gasteiger partial charge in [0.1, 0.15) is 17.0 Å². The fourth-order valence-corrected chi connectivity index (χ4v) is 1.68. The van der Waals surface area contributed by atoms with Gasteiger partial charge >= 0.3 is 0 Å². The van der Waals surface area contributed by atoms with Gasteiger partial charge in [-0.3, -0.25) is 4.90 Å². The third-order valence-electron chi connectivity index (χ3n) is 2.06. The quantitative estimate of drug-likeness (QED) is 0.837. The Hall–Kier alpha value is -0.480. The molecule has 1 N–H and O–H groups in total. The SMILES string of the molecule is COc1ccc(C(O)N(C)C)c(Cl)c1Cl. The maximum absolute atomic E-state index is 9.81. The number of hydrogen-bond donors (Lipinski definition) is 1. The van der Waals surface area contributed by atoms with Gasteiger partial charge in [-0.15, -0.1) is 0 Å². The third kappa shape index (κ3) is 2.55. The Balaban J connectivity index is 3.17. The van der Waals surface area contributed by atoms with Crippen molar-refractivity contribution in [1.82, 2.24) is 4.90 Å². The lowest BCUT2D eigenvalue weighted by molar-refractivity contribution is 0.0396. The van der Waals surface area contributed by atoms with E-state index < -0.39 is 6.23 Å². The molecule has 0 aromatic heterocycles. The second-order valence-corrected chi connectivity index (χ2v) is 4.08. The highest BCUT2D eigenvalue weighted by Gasteiger charge is 2.17. The van der Waals surface area contributed by atoms with Crippen LogP contribution in [0.5, 0.6) is 5.75 Å². The van der Waals surface area contributed by atoms with E-state index in [-0.39, 0.29) is 0 Å². The summed E-state index contributed by atoms with van der Waals surface area (Å²) in [6, 6.07) is 3.37. The number of nitrogens with zero attached hydrogens (tertiary/aromatic N) is 1. The van der Waals surface area contributed by atoms with Gasteiger partial charge in [0.05, 0.1) is 12.1 Å². The lowest BCUT2D eigenvalue weighted by Gasteiger charge is -2.20. The number of aliphatic hydroxyl groups is 1. The van der Waals surface area contributed by atoms with Crippen molar-refractivity contribution < 1.29 is 9.84 Å². The molecule has 1 unspecified atom stereocenters. The lowest BCUT2D eigenvalue weighted by atomic mass is 10.2. The molecule has 0 heterocycles. The monoisotopic (exact) mass is 249 g/mol. The van der Waals surface area contributed by atoms with Crippen LogP contribution in [0, 0.1) is 0 Å². The highest BCUT2D eigenvalue weighted by Crippen LogP contribution is 2.37. The molecule has 1 aromatic rings. The molecule has 0 spiro atoms. The first kappa shape index (κ1) is 12.6. The van der Waals surface area contributed by atoms with Crippen LogP contribution in [-0.2, 0) is 0 Å². The lowest BCUT2D eigenvalue weighted by Crippen LogP contribution is -2.19. The van der Waals surface area contributed by atoms with Crippen LogP contribution in [0.3, 0.4) is 0 Å². The standard InChI is InChI=1S/C10H13Cl2NO2/c1-13(2)10(14)6-4-5-7(15-3)9(12)8(6)11/h4-5,10,14H,1-3H3. The molecule has 0 bridgehead atoms. The molecule has 84 valence electrons. The van der Waals surface area contributed by atoms with Crippen molar-refractivity contribution in [2.45, 2.75) is 6.23 Å². The van der Waals surface area contributed by atoms with Gasteiger partial charge in [0, 0.05) is 5.56 Å². The Morgan fingerprint density at radius 3 is 2.33 bits per heavy atom. The van der Waals surface area contributed by atoms with Gasteiger partial charge in [0.15, 0.2) is 0 Å². The van der Waals surface area contributed by atoms with Crippen molar-refractivity contribution in [3.05, 3.63) is 27.7 Å². The Bertz CT molecular complexity index is 356. The molecule has 3 nitrogen and oxygen atoms in total. The zero-order valence-corrected chi connectivity index (χ0v) is 10.3. The maximum atomic E-state index is 9.81.